The molecule has 0 aliphatic heterocycles. The maximum absolute atomic E-state index is 12.7. The van der Waals surface area contributed by atoms with Crippen LogP contribution in [0.15, 0.2) is 28.7 Å². The van der Waals surface area contributed by atoms with Crippen LogP contribution in [0.25, 0.3) is 11.3 Å². The van der Waals surface area contributed by atoms with Gasteiger partial charge >= 0.3 is 6.18 Å². The maximum atomic E-state index is 12.7. The van der Waals surface area contributed by atoms with Crippen molar-refractivity contribution in [3.63, 3.8) is 0 Å². The summed E-state index contributed by atoms with van der Waals surface area (Å²) in [5.41, 5.74) is -1.11. The van der Waals surface area contributed by atoms with E-state index in [1.807, 2.05) is 0 Å². The van der Waals surface area contributed by atoms with Crippen LogP contribution in [0.2, 0.25) is 10.0 Å². The lowest BCUT2D eigenvalue weighted by molar-refractivity contribution is -0.137. The molecule has 19 heavy (non-hydrogen) atoms. The van der Waals surface area contributed by atoms with Crippen LogP contribution in [-0.4, -0.2) is 6.29 Å². The number of carbonyl (C=O) groups excluding carboxylic acids is 1. The van der Waals surface area contributed by atoms with E-state index < -0.39 is 16.8 Å². The minimum absolute atomic E-state index is 0.00296. The predicted octanol–water partition coefficient (Wildman–Crippen LogP) is 5.08. The number of hydrogen-bond acceptors (Lipinski definition) is 2. The first-order chi connectivity index (χ1) is 8.84. The van der Waals surface area contributed by atoms with Crippen LogP contribution in [-0.2, 0) is 6.18 Å². The van der Waals surface area contributed by atoms with Crippen LogP contribution in [0.5, 0.6) is 0 Å². The van der Waals surface area contributed by atoms with Crippen molar-refractivity contribution >= 4 is 29.5 Å². The van der Waals surface area contributed by atoms with Crippen molar-refractivity contribution < 1.29 is 22.4 Å². The van der Waals surface area contributed by atoms with Gasteiger partial charge in [-0.3, -0.25) is 4.79 Å². The fourth-order valence-electron chi connectivity index (χ4n) is 1.55. The molecule has 0 radical (unpaired) electrons. The third kappa shape index (κ3) is 2.62. The minimum atomic E-state index is -4.60. The van der Waals surface area contributed by atoms with Crippen LogP contribution in [0, 0.1) is 0 Å². The second-order valence-corrected chi connectivity index (χ2v) is 4.39. The summed E-state index contributed by atoms with van der Waals surface area (Å²) in [4.78, 5) is 10.5. The number of halogens is 5. The Morgan fingerprint density at radius 2 is 1.79 bits per heavy atom. The molecule has 2 rings (SSSR count). The van der Waals surface area contributed by atoms with Gasteiger partial charge in [0.2, 0.25) is 0 Å². The number of hydrogen-bond donors (Lipinski definition) is 0. The Labute approximate surface area is 115 Å². The lowest BCUT2D eigenvalue weighted by Gasteiger charge is -2.12. The van der Waals surface area contributed by atoms with Crippen LogP contribution < -0.4 is 0 Å². The lowest BCUT2D eigenvalue weighted by Crippen LogP contribution is -2.06. The quantitative estimate of drug-likeness (QED) is 0.724. The van der Waals surface area contributed by atoms with Crippen LogP contribution in [0.3, 0.4) is 0 Å². The molecule has 0 unspecified atom stereocenters. The number of benzene rings is 1. The molecule has 0 aliphatic carbocycles. The highest BCUT2D eigenvalue weighted by Crippen LogP contribution is 2.43. The van der Waals surface area contributed by atoms with E-state index in [9.17, 15) is 18.0 Å². The smallest absolute Gasteiger partial charge is 0.417 e. The van der Waals surface area contributed by atoms with Crippen LogP contribution >= 0.6 is 23.2 Å². The Hall–Kier alpha value is -1.46. The molecule has 1 heterocycles. The third-order valence-electron chi connectivity index (χ3n) is 2.39. The largest absolute Gasteiger partial charge is 0.453 e. The molecule has 2 aromatic rings. The first-order valence-corrected chi connectivity index (χ1v) is 5.70. The standard InChI is InChI=1S/C12H5Cl2F3O2/c13-8-3-2-7(12(15,16)17)11(14)10(8)9-4-1-6(5-18)19-9/h1-5H. The summed E-state index contributed by atoms with van der Waals surface area (Å²) < 4.78 is 43.2. The lowest BCUT2D eigenvalue weighted by atomic mass is 10.1. The molecule has 0 atom stereocenters. The van der Waals surface area contributed by atoms with Crippen molar-refractivity contribution in [3.05, 3.63) is 45.6 Å². The average molecular weight is 309 g/mol. The van der Waals surface area contributed by atoms with E-state index >= 15 is 0 Å². The highest BCUT2D eigenvalue weighted by molar-refractivity contribution is 6.39. The van der Waals surface area contributed by atoms with Crippen molar-refractivity contribution in [2.45, 2.75) is 6.18 Å². The number of alkyl halides is 3. The normalized spacial score (nSPS) is 11.6. The summed E-state index contributed by atoms with van der Waals surface area (Å²) in [6.07, 6.45) is -4.17. The summed E-state index contributed by atoms with van der Waals surface area (Å²) in [7, 11) is 0. The maximum Gasteiger partial charge on any atom is 0.417 e. The van der Waals surface area contributed by atoms with Gasteiger partial charge in [-0.25, -0.2) is 0 Å². The van der Waals surface area contributed by atoms with Gasteiger partial charge in [0.25, 0.3) is 0 Å². The zero-order valence-corrected chi connectivity index (χ0v) is 10.6. The summed E-state index contributed by atoms with van der Waals surface area (Å²) in [6, 6.07) is 4.51. The molecule has 1 aromatic heterocycles. The first-order valence-electron chi connectivity index (χ1n) is 4.95. The van der Waals surface area contributed by atoms with Gasteiger partial charge in [-0.05, 0) is 24.3 Å². The fraction of sp³-hybridized carbons (Fsp3) is 0.0833. The Bertz CT molecular complexity index is 632. The molecule has 0 saturated heterocycles. The van der Waals surface area contributed by atoms with E-state index in [1.54, 1.807) is 0 Å². The number of furan rings is 1. The SMILES string of the molecule is O=Cc1ccc(-c2c(Cl)ccc(C(F)(F)F)c2Cl)o1. The van der Waals surface area contributed by atoms with Crippen molar-refractivity contribution in [2.75, 3.05) is 0 Å². The Balaban J connectivity index is 2.65. The second kappa shape index (κ2) is 4.90. The van der Waals surface area contributed by atoms with Crippen molar-refractivity contribution in [2.24, 2.45) is 0 Å². The highest BCUT2D eigenvalue weighted by Gasteiger charge is 2.35. The molecule has 0 bridgehead atoms. The van der Waals surface area contributed by atoms with Crippen molar-refractivity contribution in [1.82, 2.24) is 0 Å². The van der Waals surface area contributed by atoms with E-state index in [-0.39, 0.29) is 22.1 Å². The molecule has 0 amide bonds. The highest BCUT2D eigenvalue weighted by atomic mass is 35.5. The number of carbonyl (C=O) groups is 1. The Morgan fingerprint density at radius 1 is 1.11 bits per heavy atom. The molecular weight excluding hydrogens is 304 g/mol. The van der Waals surface area contributed by atoms with Crippen molar-refractivity contribution in [1.29, 1.82) is 0 Å². The summed E-state index contributed by atoms with van der Waals surface area (Å²) in [5, 5.41) is -0.559. The molecule has 100 valence electrons. The van der Waals surface area contributed by atoms with Gasteiger partial charge in [-0.1, -0.05) is 23.2 Å². The monoisotopic (exact) mass is 308 g/mol. The molecule has 1 aromatic carbocycles. The molecule has 0 N–H and O–H groups in total. The molecule has 0 aliphatic rings. The minimum Gasteiger partial charge on any atom is -0.453 e. The van der Waals surface area contributed by atoms with E-state index in [0.29, 0.717) is 6.29 Å². The zero-order valence-electron chi connectivity index (χ0n) is 9.09. The van der Waals surface area contributed by atoms with Gasteiger partial charge in [-0.2, -0.15) is 13.2 Å². The average Bonchev–Trinajstić information content (AvgIpc) is 2.75. The van der Waals surface area contributed by atoms with Gasteiger partial charge in [-0.15, -0.1) is 0 Å². The zero-order chi connectivity index (χ0) is 14.2. The van der Waals surface area contributed by atoms with E-state index in [2.05, 4.69) is 0 Å². The van der Waals surface area contributed by atoms with Crippen molar-refractivity contribution in [3.8, 4) is 11.3 Å². The summed E-state index contributed by atoms with van der Waals surface area (Å²) >= 11 is 11.6. The Kier molecular flexibility index (Phi) is 3.60. The van der Waals surface area contributed by atoms with Crippen LogP contribution in [0.4, 0.5) is 13.2 Å². The van der Waals surface area contributed by atoms with Gasteiger partial charge in [0, 0.05) is 0 Å². The number of aldehydes is 1. The van der Waals surface area contributed by atoms with Gasteiger partial charge in [0.15, 0.2) is 12.0 Å². The first kappa shape index (κ1) is 14.0. The summed E-state index contributed by atoms with van der Waals surface area (Å²) in [5.74, 6) is -0.0252. The van der Waals surface area contributed by atoms with E-state index in [1.165, 1.54) is 12.1 Å². The second-order valence-electron chi connectivity index (χ2n) is 3.60. The molecule has 0 spiro atoms. The molecule has 7 heteroatoms. The van der Waals surface area contributed by atoms with Crippen LogP contribution in [0.1, 0.15) is 16.1 Å². The van der Waals surface area contributed by atoms with Gasteiger partial charge in [0.05, 0.1) is 21.2 Å². The topological polar surface area (TPSA) is 30.2 Å². The van der Waals surface area contributed by atoms with E-state index in [4.69, 9.17) is 27.6 Å². The molecular formula is C12H5Cl2F3O2. The fourth-order valence-corrected chi connectivity index (χ4v) is 2.21. The Morgan fingerprint density at radius 3 is 2.32 bits per heavy atom. The third-order valence-corrected chi connectivity index (χ3v) is 3.09. The van der Waals surface area contributed by atoms with Gasteiger partial charge in [0.1, 0.15) is 5.76 Å². The molecule has 0 fully saturated rings. The van der Waals surface area contributed by atoms with Gasteiger partial charge < -0.3 is 4.42 Å². The number of rotatable bonds is 2. The summed E-state index contributed by atoms with van der Waals surface area (Å²) in [6.45, 7) is 0. The molecule has 0 saturated carbocycles. The predicted molar refractivity (Wildman–Crippen MR) is 64.6 cm³/mol. The van der Waals surface area contributed by atoms with E-state index in [0.717, 1.165) is 12.1 Å². The molecule has 2 nitrogen and oxygen atoms in total.